The van der Waals surface area contributed by atoms with E-state index in [2.05, 4.69) is 25.6 Å². The predicted molar refractivity (Wildman–Crippen MR) is 108 cm³/mol. The Hall–Kier alpha value is -3.95. The van der Waals surface area contributed by atoms with Crippen LogP contribution in [0, 0.1) is 13.8 Å². The number of fused-ring (bicyclic) bond motifs is 1. The van der Waals surface area contributed by atoms with Gasteiger partial charge in [0.05, 0.1) is 22.5 Å². The first-order valence-electron chi connectivity index (χ1n) is 9.17. The van der Waals surface area contributed by atoms with Crippen molar-refractivity contribution >= 4 is 34.7 Å². The predicted octanol–water partition coefficient (Wildman–Crippen LogP) is 5.25. The molecule has 7 nitrogen and oxygen atoms in total. The molecule has 0 unspecified atom stereocenters. The fourth-order valence-corrected chi connectivity index (χ4v) is 3.09. The molecule has 31 heavy (non-hydrogen) atoms. The van der Waals surface area contributed by atoms with Crippen LogP contribution in [0.15, 0.2) is 52.9 Å². The summed E-state index contributed by atoms with van der Waals surface area (Å²) >= 11 is 0. The molecule has 2 heterocycles. The molecule has 0 atom stereocenters. The van der Waals surface area contributed by atoms with Crippen LogP contribution in [-0.2, 0) is 6.18 Å². The molecule has 0 aliphatic rings. The highest BCUT2D eigenvalue weighted by Crippen LogP contribution is 2.31. The molecule has 158 valence electrons. The Bertz CT molecular complexity index is 1230. The quantitative estimate of drug-likeness (QED) is 0.462. The maximum Gasteiger partial charge on any atom is 0.416 e. The third-order valence-electron chi connectivity index (χ3n) is 4.46. The average Bonchev–Trinajstić information content (AvgIpc) is 3.09. The molecule has 0 radical (unpaired) electrons. The number of nitrogens with zero attached hydrogens (tertiary/aromatic N) is 3. The maximum absolute atomic E-state index is 12.9. The van der Waals surface area contributed by atoms with E-state index in [1.54, 1.807) is 26.0 Å². The van der Waals surface area contributed by atoms with E-state index >= 15 is 0 Å². The first-order chi connectivity index (χ1) is 14.7. The van der Waals surface area contributed by atoms with Gasteiger partial charge in [0.15, 0.2) is 5.58 Å². The number of para-hydroxylation sites is 2. The molecule has 2 aromatic heterocycles. The van der Waals surface area contributed by atoms with E-state index in [0.29, 0.717) is 22.5 Å². The minimum Gasteiger partial charge on any atom is -0.423 e. The maximum atomic E-state index is 12.9. The van der Waals surface area contributed by atoms with Crippen molar-refractivity contribution in [3.8, 4) is 0 Å². The van der Waals surface area contributed by atoms with E-state index in [9.17, 15) is 18.0 Å². The molecule has 0 spiro atoms. The number of oxazole rings is 1. The van der Waals surface area contributed by atoms with E-state index in [0.717, 1.165) is 12.1 Å². The Kier molecular flexibility index (Phi) is 5.05. The second kappa shape index (κ2) is 7.71. The standard InChI is InChI=1S/C21H16F3N5O2/c1-11-17(18(30)27-14-7-5-6-13(10-14)21(22,23)24)12(2)26-19(25-11)29-20-28-15-8-3-4-9-16(15)31-20/h3-10H,1-2H3,(H,27,30)(H,25,26,28,29). The average molecular weight is 427 g/mol. The molecule has 10 heteroatoms. The number of aromatic nitrogens is 3. The van der Waals surface area contributed by atoms with Crippen molar-refractivity contribution in [2.75, 3.05) is 10.6 Å². The van der Waals surface area contributed by atoms with Crippen LogP contribution >= 0.6 is 0 Å². The zero-order valence-electron chi connectivity index (χ0n) is 16.4. The highest BCUT2D eigenvalue weighted by atomic mass is 19.4. The Labute approximate surface area is 174 Å². The number of hydrogen-bond acceptors (Lipinski definition) is 6. The van der Waals surface area contributed by atoms with Gasteiger partial charge < -0.3 is 9.73 Å². The van der Waals surface area contributed by atoms with Crippen LogP contribution in [0.3, 0.4) is 0 Å². The van der Waals surface area contributed by atoms with Crippen molar-refractivity contribution in [2.24, 2.45) is 0 Å². The molecule has 0 saturated heterocycles. The molecule has 0 aliphatic carbocycles. The van der Waals surface area contributed by atoms with Crippen LogP contribution < -0.4 is 10.6 Å². The van der Waals surface area contributed by atoms with Crippen LogP contribution in [0.25, 0.3) is 11.1 Å². The van der Waals surface area contributed by atoms with Gasteiger partial charge in [-0.3, -0.25) is 10.1 Å². The molecule has 4 rings (SSSR count). The molecular formula is C21H16F3N5O2. The summed E-state index contributed by atoms with van der Waals surface area (Å²) < 4.78 is 44.3. The molecule has 0 fully saturated rings. The summed E-state index contributed by atoms with van der Waals surface area (Å²) in [7, 11) is 0. The summed E-state index contributed by atoms with van der Waals surface area (Å²) in [6.07, 6.45) is -4.51. The Balaban J connectivity index is 1.56. The number of benzene rings is 2. The van der Waals surface area contributed by atoms with Gasteiger partial charge in [-0.2, -0.15) is 18.2 Å². The first kappa shape index (κ1) is 20.3. The molecule has 0 bridgehead atoms. The summed E-state index contributed by atoms with van der Waals surface area (Å²) in [4.78, 5) is 25.5. The number of aryl methyl sites for hydroxylation is 2. The highest BCUT2D eigenvalue weighted by molar-refractivity contribution is 6.05. The molecule has 4 aromatic rings. The fourth-order valence-electron chi connectivity index (χ4n) is 3.09. The lowest BCUT2D eigenvalue weighted by molar-refractivity contribution is -0.137. The number of nitrogens with one attached hydrogen (secondary N) is 2. The monoisotopic (exact) mass is 427 g/mol. The van der Waals surface area contributed by atoms with E-state index in [1.165, 1.54) is 12.1 Å². The summed E-state index contributed by atoms with van der Waals surface area (Å²) in [6, 6.07) is 11.8. The molecule has 1 amide bonds. The van der Waals surface area contributed by atoms with Gasteiger partial charge >= 0.3 is 12.2 Å². The minimum absolute atomic E-state index is 0.0207. The smallest absolute Gasteiger partial charge is 0.416 e. The lowest BCUT2D eigenvalue weighted by Crippen LogP contribution is -2.18. The zero-order chi connectivity index (χ0) is 22.2. The van der Waals surface area contributed by atoms with E-state index in [1.807, 2.05) is 12.1 Å². The van der Waals surface area contributed by atoms with Gasteiger partial charge in [0, 0.05) is 5.69 Å². The molecule has 2 aromatic carbocycles. The van der Waals surface area contributed by atoms with Crippen molar-refractivity contribution in [1.29, 1.82) is 0 Å². The normalized spacial score (nSPS) is 11.5. The highest BCUT2D eigenvalue weighted by Gasteiger charge is 2.30. The van der Waals surface area contributed by atoms with Gasteiger partial charge in [-0.25, -0.2) is 9.97 Å². The van der Waals surface area contributed by atoms with Crippen molar-refractivity contribution < 1.29 is 22.4 Å². The Morgan fingerprint density at radius 1 is 0.968 bits per heavy atom. The van der Waals surface area contributed by atoms with Gasteiger partial charge in [-0.05, 0) is 44.2 Å². The topological polar surface area (TPSA) is 92.9 Å². The van der Waals surface area contributed by atoms with E-state index in [4.69, 9.17) is 4.42 Å². The number of halogens is 3. The number of rotatable bonds is 4. The van der Waals surface area contributed by atoms with Crippen LogP contribution in [0.4, 0.5) is 30.8 Å². The summed E-state index contributed by atoms with van der Waals surface area (Å²) in [6.45, 7) is 3.21. The third-order valence-corrected chi connectivity index (χ3v) is 4.46. The Morgan fingerprint density at radius 2 is 1.68 bits per heavy atom. The van der Waals surface area contributed by atoms with Gasteiger partial charge in [-0.1, -0.05) is 18.2 Å². The SMILES string of the molecule is Cc1nc(Nc2nc3ccccc3o2)nc(C)c1C(=O)Nc1cccc(C(F)(F)F)c1. The van der Waals surface area contributed by atoms with E-state index in [-0.39, 0.29) is 23.2 Å². The number of amides is 1. The van der Waals surface area contributed by atoms with Gasteiger partial charge in [0.25, 0.3) is 5.91 Å². The lowest BCUT2D eigenvalue weighted by Gasteiger charge is -2.12. The number of anilines is 3. The second-order valence-electron chi connectivity index (χ2n) is 6.74. The van der Waals surface area contributed by atoms with Crippen molar-refractivity contribution in [3.63, 3.8) is 0 Å². The summed E-state index contributed by atoms with van der Waals surface area (Å²) in [5, 5.41) is 5.33. The zero-order valence-corrected chi connectivity index (χ0v) is 16.4. The van der Waals surface area contributed by atoms with Crippen molar-refractivity contribution in [3.05, 3.63) is 71.0 Å². The van der Waals surface area contributed by atoms with Crippen LogP contribution in [0.1, 0.15) is 27.3 Å². The number of hydrogen-bond donors (Lipinski definition) is 2. The van der Waals surface area contributed by atoms with Gasteiger partial charge in [0.2, 0.25) is 5.95 Å². The fraction of sp³-hybridized carbons (Fsp3) is 0.143. The van der Waals surface area contributed by atoms with Crippen LogP contribution in [0.2, 0.25) is 0 Å². The minimum atomic E-state index is -4.51. The first-order valence-corrected chi connectivity index (χ1v) is 9.17. The Morgan fingerprint density at radius 3 is 2.35 bits per heavy atom. The molecule has 0 aliphatic heterocycles. The van der Waals surface area contributed by atoms with Crippen LogP contribution in [-0.4, -0.2) is 20.9 Å². The van der Waals surface area contributed by atoms with Crippen molar-refractivity contribution in [1.82, 2.24) is 15.0 Å². The summed E-state index contributed by atoms with van der Waals surface area (Å²) in [5.41, 5.74) is 1.28. The third kappa shape index (κ3) is 4.32. The molecular weight excluding hydrogens is 411 g/mol. The number of carbonyl (C=O) groups is 1. The molecule has 0 saturated carbocycles. The molecule has 2 N–H and O–H groups in total. The lowest BCUT2D eigenvalue weighted by atomic mass is 10.1. The van der Waals surface area contributed by atoms with Gasteiger partial charge in [-0.15, -0.1) is 0 Å². The van der Waals surface area contributed by atoms with Gasteiger partial charge in [0.1, 0.15) is 5.52 Å². The number of carbonyl (C=O) groups excluding carboxylic acids is 1. The van der Waals surface area contributed by atoms with Crippen LogP contribution in [0.5, 0.6) is 0 Å². The summed E-state index contributed by atoms with van der Waals surface area (Å²) in [5.74, 6) is -0.431. The second-order valence-corrected chi connectivity index (χ2v) is 6.74. The number of alkyl halides is 3. The van der Waals surface area contributed by atoms with Crippen molar-refractivity contribution in [2.45, 2.75) is 20.0 Å². The van der Waals surface area contributed by atoms with E-state index < -0.39 is 17.6 Å². The largest absolute Gasteiger partial charge is 0.423 e.